The van der Waals surface area contributed by atoms with Crippen molar-refractivity contribution in [3.8, 4) is 0 Å². The van der Waals surface area contributed by atoms with Crippen LogP contribution in [0.2, 0.25) is 0 Å². The van der Waals surface area contributed by atoms with Crippen LogP contribution in [0.3, 0.4) is 0 Å². The Morgan fingerprint density at radius 3 is 2.83 bits per heavy atom. The molecule has 9 heteroatoms. The molecule has 0 radical (unpaired) electrons. The third-order valence-corrected chi connectivity index (χ3v) is 3.60. The number of amides is 1. The van der Waals surface area contributed by atoms with E-state index in [1.54, 1.807) is 31.7 Å². The molecule has 1 N–H and O–H groups in total. The maximum atomic E-state index is 11.9. The van der Waals surface area contributed by atoms with Gasteiger partial charge in [-0.25, -0.2) is 19.7 Å². The van der Waals surface area contributed by atoms with Gasteiger partial charge in [0.1, 0.15) is 11.9 Å². The van der Waals surface area contributed by atoms with Gasteiger partial charge in [0, 0.05) is 5.75 Å². The predicted molar refractivity (Wildman–Crippen MR) is 92.1 cm³/mol. The van der Waals surface area contributed by atoms with E-state index in [0.717, 1.165) is 0 Å². The van der Waals surface area contributed by atoms with E-state index < -0.39 is 11.7 Å². The molecule has 0 aliphatic carbocycles. The number of ether oxygens (including phenoxy) is 2. The molecule has 0 aromatic carbocycles. The average molecular weight is 349 g/mol. The number of fused-ring (bicyclic) bond motifs is 1. The number of hydrogen-bond donors (Lipinski definition) is 2. The second kappa shape index (κ2) is 6.40. The van der Waals surface area contributed by atoms with Crippen LogP contribution in [0.25, 0.3) is 11.2 Å². The van der Waals surface area contributed by atoms with Crippen LogP contribution in [0.1, 0.15) is 27.0 Å². The highest BCUT2D eigenvalue weighted by atomic mass is 32.1. The maximum Gasteiger partial charge on any atom is 0.413 e. The molecule has 2 aromatic rings. The van der Waals surface area contributed by atoms with E-state index in [1.165, 1.54) is 6.33 Å². The summed E-state index contributed by atoms with van der Waals surface area (Å²) in [4.78, 5) is 24.6. The summed E-state index contributed by atoms with van der Waals surface area (Å²) in [5, 5.41) is 2.61. The smallest absolute Gasteiger partial charge is 0.413 e. The predicted octanol–water partition coefficient (Wildman–Crippen LogP) is 2.56. The van der Waals surface area contributed by atoms with E-state index in [1.807, 2.05) is 12.2 Å². The fraction of sp³-hybridized carbons (Fsp3) is 0.467. The highest BCUT2D eigenvalue weighted by Crippen LogP contribution is 2.27. The second-order valence-corrected chi connectivity index (χ2v) is 6.67. The van der Waals surface area contributed by atoms with Gasteiger partial charge < -0.3 is 9.47 Å². The van der Waals surface area contributed by atoms with Crippen LogP contribution in [0.5, 0.6) is 0 Å². The summed E-state index contributed by atoms with van der Waals surface area (Å²) in [5.74, 6) is 0.890. The first-order chi connectivity index (χ1) is 11.4. The number of thiol groups is 1. The molecular weight excluding hydrogens is 330 g/mol. The highest BCUT2D eigenvalue weighted by molar-refractivity contribution is 7.80. The Morgan fingerprint density at radius 1 is 1.38 bits per heavy atom. The molecule has 0 saturated heterocycles. The van der Waals surface area contributed by atoms with Crippen molar-refractivity contribution in [2.24, 2.45) is 0 Å². The minimum Gasteiger partial charge on any atom is -0.444 e. The van der Waals surface area contributed by atoms with Crippen LogP contribution in [-0.2, 0) is 9.47 Å². The van der Waals surface area contributed by atoms with Gasteiger partial charge in [0.15, 0.2) is 23.2 Å². The van der Waals surface area contributed by atoms with Crippen LogP contribution >= 0.6 is 12.6 Å². The third kappa shape index (κ3) is 3.51. The normalized spacial score (nSPS) is 20.5. The summed E-state index contributed by atoms with van der Waals surface area (Å²) in [6.45, 7) is 5.37. The van der Waals surface area contributed by atoms with Crippen molar-refractivity contribution in [2.75, 3.05) is 11.1 Å². The molecule has 2 unspecified atom stereocenters. The van der Waals surface area contributed by atoms with Gasteiger partial charge in [-0.15, -0.1) is 0 Å². The van der Waals surface area contributed by atoms with Crippen molar-refractivity contribution in [2.45, 2.75) is 38.7 Å². The number of carbonyl (C=O) groups excluding carboxylic acids is 1. The molecule has 2 aromatic heterocycles. The summed E-state index contributed by atoms with van der Waals surface area (Å²) in [5.41, 5.74) is 0.431. The number of rotatable bonds is 3. The summed E-state index contributed by atoms with van der Waals surface area (Å²) >= 11 is 4.23. The fourth-order valence-corrected chi connectivity index (χ4v) is 2.49. The first-order valence-electron chi connectivity index (χ1n) is 7.49. The van der Waals surface area contributed by atoms with Crippen molar-refractivity contribution in [3.05, 3.63) is 24.8 Å². The van der Waals surface area contributed by atoms with Crippen molar-refractivity contribution < 1.29 is 14.3 Å². The van der Waals surface area contributed by atoms with Crippen molar-refractivity contribution in [1.29, 1.82) is 0 Å². The minimum absolute atomic E-state index is 0.0445. The molecular formula is C15H19N5O3S. The zero-order chi connectivity index (χ0) is 17.3. The Labute approximate surface area is 144 Å². The summed E-state index contributed by atoms with van der Waals surface area (Å²) in [6.07, 6.45) is 5.89. The van der Waals surface area contributed by atoms with Crippen LogP contribution in [0.15, 0.2) is 24.8 Å². The van der Waals surface area contributed by atoms with Crippen LogP contribution in [0.4, 0.5) is 10.6 Å². The van der Waals surface area contributed by atoms with Gasteiger partial charge in [-0.05, 0) is 26.8 Å². The van der Waals surface area contributed by atoms with E-state index in [-0.39, 0.29) is 12.3 Å². The van der Waals surface area contributed by atoms with Crippen LogP contribution in [0, 0.1) is 0 Å². The van der Waals surface area contributed by atoms with Gasteiger partial charge in [-0.3, -0.25) is 9.88 Å². The first kappa shape index (κ1) is 16.7. The lowest BCUT2D eigenvalue weighted by atomic mass is 10.2. The number of nitrogens with zero attached hydrogens (tertiary/aromatic N) is 4. The monoisotopic (exact) mass is 349 g/mol. The standard InChI is InChI=1S/C15H19N5O3S/c1-15(2,3)23-14(21)19-12-11-13(17-7-16-12)20(8-18-11)10-5-4-9(6-24)22-10/h4-5,7-10,24H,6H2,1-3H3,(H,16,17,19,21). The Kier molecular flexibility index (Phi) is 4.46. The van der Waals surface area contributed by atoms with E-state index in [0.29, 0.717) is 22.7 Å². The SMILES string of the molecule is CC(C)(C)OC(=O)Nc1ncnc2c1ncn2C1C=CC(CS)O1. The molecule has 3 rings (SSSR count). The zero-order valence-electron chi connectivity index (χ0n) is 13.6. The number of nitrogens with one attached hydrogen (secondary N) is 1. The number of imidazole rings is 1. The number of aromatic nitrogens is 4. The largest absolute Gasteiger partial charge is 0.444 e. The van der Waals surface area contributed by atoms with E-state index in [2.05, 4.69) is 32.9 Å². The Bertz CT molecular complexity index is 783. The second-order valence-electron chi connectivity index (χ2n) is 6.31. The molecule has 1 amide bonds. The molecule has 0 saturated carbocycles. The number of carbonyl (C=O) groups is 1. The summed E-state index contributed by atoms with van der Waals surface area (Å²) < 4.78 is 12.8. The van der Waals surface area contributed by atoms with E-state index in [9.17, 15) is 4.79 Å². The van der Waals surface area contributed by atoms with Crippen molar-refractivity contribution in [3.63, 3.8) is 0 Å². The average Bonchev–Trinajstić information content (AvgIpc) is 3.11. The van der Waals surface area contributed by atoms with Gasteiger partial charge in [0.05, 0.1) is 12.4 Å². The van der Waals surface area contributed by atoms with Gasteiger partial charge in [-0.2, -0.15) is 12.6 Å². The molecule has 0 bridgehead atoms. The Balaban J connectivity index is 1.85. The van der Waals surface area contributed by atoms with E-state index >= 15 is 0 Å². The van der Waals surface area contributed by atoms with Gasteiger partial charge in [-0.1, -0.05) is 6.08 Å². The van der Waals surface area contributed by atoms with Crippen LogP contribution < -0.4 is 5.32 Å². The van der Waals surface area contributed by atoms with Crippen LogP contribution in [-0.4, -0.2) is 43.1 Å². The van der Waals surface area contributed by atoms with Crippen molar-refractivity contribution >= 4 is 35.7 Å². The first-order valence-corrected chi connectivity index (χ1v) is 8.13. The molecule has 2 atom stereocenters. The topological polar surface area (TPSA) is 91.2 Å². The molecule has 1 aliphatic rings. The van der Waals surface area contributed by atoms with Gasteiger partial charge >= 0.3 is 6.09 Å². The lowest BCUT2D eigenvalue weighted by Gasteiger charge is -2.19. The lowest BCUT2D eigenvalue weighted by Crippen LogP contribution is -2.27. The Morgan fingerprint density at radius 2 is 2.17 bits per heavy atom. The van der Waals surface area contributed by atoms with Crippen molar-refractivity contribution in [1.82, 2.24) is 19.5 Å². The lowest BCUT2D eigenvalue weighted by molar-refractivity contribution is 0.0321. The molecule has 24 heavy (non-hydrogen) atoms. The molecule has 3 heterocycles. The molecule has 8 nitrogen and oxygen atoms in total. The van der Waals surface area contributed by atoms with E-state index in [4.69, 9.17) is 9.47 Å². The number of anilines is 1. The Hall–Kier alpha value is -2.13. The summed E-state index contributed by atoms with van der Waals surface area (Å²) in [7, 11) is 0. The molecule has 1 aliphatic heterocycles. The molecule has 0 spiro atoms. The zero-order valence-corrected chi connectivity index (χ0v) is 14.5. The minimum atomic E-state index is -0.597. The van der Waals surface area contributed by atoms with Gasteiger partial charge in [0.25, 0.3) is 0 Å². The molecule has 128 valence electrons. The fourth-order valence-electron chi connectivity index (χ4n) is 2.28. The third-order valence-electron chi connectivity index (χ3n) is 3.24. The number of hydrogen-bond acceptors (Lipinski definition) is 7. The van der Waals surface area contributed by atoms with Gasteiger partial charge in [0.2, 0.25) is 0 Å². The maximum absolute atomic E-state index is 11.9. The summed E-state index contributed by atoms with van der Waals surface area (Å²) in [6, 6.07) is 0. The highest BCUT2D eigenvalue weighted by Gasteiger charge is 2.23. The quantitative estimate of drug-likeness (QED) is 0.654. The molecule has 0 fully saturated rings.